The van der Waals surface area contributed by atoms with Crippen LogP contribution in [-0.4, -0.2) is 57.4 Å². The van der Waals surface area contributed by atoms with Gasteiger partial charge in [0.15, 0.2) is 17.5 Å². The van der Waals surface area contributed by atoms with Crippen molar-refractivity contribution in [2.24, 2.45) is 7.05 Å². The van der Waals surface area contributed by atoms with Crippen molar-refractivity contribution in [1.29, 1.82) is 0 Å². The van der Waals surface area contributed by atoms with Crippen molar-refractivity contribution in [2.75, 3.05) is 42.2 Å². The van der Waals surface area contributed by atoms with Crippen LogP contribution in [0.3, 0.4) is 0 Å². The van der Waals surface area contributed by atoms with Gasteiger partial charge in [-0.05, 0) is 39.7 Å². The summed E-state index contributed by atoms with van der Waals surface area (Å²) in [5.41, 5.74) is 2.49. The molecule has 1 aliphatic carbocycles. The maximum Gasteiger partial charge on any atom is 0.321 e. The Morgan fingerprint density at radius 3 is 2.57 bits per heavy atom. The van der Waals surface area contributed by atoms with E-state index in [1.165, 1.54) is 6.92 Å². The van der Waals surface area contributed by atoms with Crippen LogP contribution in [0.15, 0.2) is 18.3 Å². The number of aryl methyl sites for hydroxylation is 2. The number of halogens is 1. The molecule has 11 heteroatoms. The molecule has 10 nitrogen and oxygen atoms in total. The molecule has 5 rings (SSSR count). The Bertz CT molecular complexity index is 1240. The first kappa shape index (κ1) is 23.3. The van der Waals surface area contributed by atoms with Crippen molar-refractivity contribution in [1.82, 2.24) is 24.6 Å². The lowest BCUT2D eigenvalue weighted by molar-refractivity contribution is -0.599. The standard InChI is InChI=1S/C24H32FN9O/c1-14-10-20(30-32(14)5)27-23-19(33-9-8-31(4)15(2)13-33)12-26-24(29-23)28-21-11-18(17-6-7-17)22(25)16(3)34(21)35/h10-12,15,17H,6-9,13H2,1-5H3,(H2,26,27,28,29,30)/t15-/m1/s1. The van der Waals surface area contributed by atoms with Gasteiger partial charge in [0.1, 0.15) is 5.69 Å². The maximum atomic E-state index is 14.6. The van der Waals surface area contributed by atoms with Crippen LogP contribution in [0.2, 0.25) is 0 Å². The van der Waals surface area contributed by atoms with Gasteiger partial charge in [0.25, 0.3) is 5.82 Å². The number of pyridine rings is 1. The van der Waals surface area contributed by atoms with Crippen molar-refractivity contribution < 1.29 is 9.12 Å². The Morgan fingerprint density at radius 1 is 1.14 bits per heavy atom. The van der Waals surface area contributed by atoms with Crippen molar-refractivity contribution in [2.45, 2.75) is 45.6 Å². The molecule has 2 aliphatic rings. The van der Waals surface area contributed by atoms with Crippen molar-refractivity contribution in [3.8, 4) is 0 Å². The first-order valence-electron chi connectivity index (χ1n) is 12.0. The zero-order valence-electron chi connectivity index (χ0n) is 20.8. The van der Waals surface area contributed by atoms with Gasteiger partial charge in [-0.2, -0.15) is 15.1 Å². The summed E-state index contributed by atoms with van der Waals surface area (Å²) in [5, 5.41) is 23.6. The molecule has 0 spiro atoms. The smallest absolute Gasteiger partial charge is 0.321 e. The molecule has 2 N–H and O–H groups in total. The molecule has 186 valence electrons. The monoisotopic (exact) mass is 481 g/mol. The molecule has 3 aromatic heterocycles. The third-order valence-corrected chi connectivity index (χ3v) is 7.07. The lowest BCUT2D eigenvalue weighted by Gasteiger charge is -2.39. The molecule has 1 atom stereocenters. The van der Waals surface area contributed by atoms with Crippen LogP contribution < -0.4 is 20.3 Å². The Balaban J connectivity index is 1.49. The lowest BCUT2D eigenvalue weighted by atomic mass is 10.1. The van der Waals surface area contributed by atoms with E-state index in [9.17, 15) is 9.60 Å². The van der Waals surface area contributed by atoms with Crippen LogP contribution in [0.1, 0.15) is 42.6 Å². The lowest BCUT2D eigenvalue weighted by Crippen LogP contribution is -2.50. The summed E-state index contributed by atoms with van der Waals surface area (Å²) in [4.78, 5) is 13.8. The molecule has 1 saturated heterocycles. The van der Waals surface area contributed by atoms with Crippen LogP contribution in [0, 0.1) is 24.9 Å². The molecular weight excluding hydrogens is 449 g/mol. The molecular formula is C24H32FN9O. The third-order valence-electron chi connectivity index (χ3n) is 7.07. The Morgan fingerprint density at radius 2 is 1.91 bits per heavy atom. The maximum absolute atomic E-state index is 14.6. The number of piperazine rings is 1. The van der Waals surface area contributed by atoms with Crippen LogP contribution in [0.25, 0.3) is 0 Å². The van der Waals surface area contributed by atoms with E-state index in [0.29, 0.717) is 28.0 Å². The highest BCUT2D eigenvalue weighted by Crippen LogP contribution is 2.42. The average Bonchev–Trinajstić information content (AvgIpc) is 3.61. The molecule has 1 saturated carbocycles. The van der Waals surface area contributed by atoms with Gasteiger partial charge in [0, 0.05) is 63.0 Å². The van der Waals surface area contributed by atoms with Gasteiger partial charge in [-0.1, -0.05) is 0 Å². The minimum Gasteiger partial charge on any atom is -0.710 e. The van der Waals surface area contributed by atoms with Gasteiger partial charge in [-0.3, -0.25) is 4.68 Å². The zero-order chi connectivity index (χ0) is 24.9. The minimum absolute atomic E-state index is 0.0438. The number of hydrogen-bond acceptors (Lipinski definition) is 8. The van der Waals surface area contributed by atoms with Gasteiger partial charge in [0.05, 0.1) is 11.9 Å². The van der Waals surface area contributed by atoms with Crippen molar-refractivity contribution in [3.63, 3.8) is 0 Å². The summed E-state index contributed by atoms with van der Waals surface area (Å²) in [6, 6.07) is 3.92. The Kier molecular flexibility index (Phi) is 5.96. The van der Waals surface area contributed by atoms with E-state index in [4.69, 9.17) is 4.98 Å². The quantitative estimate of drug-likeness (QED) is 0.409. The van der Waals surface area contributed by atoms with E-state index in [-0.39, 0.29) is 23.4 Å². The van der Waals surface area contributed by atoms with Gasteiger partial charge >= 0.3 is 5.95 Å². The summed E-state index contributed by atoms with van der Waals surface area (Å²) >= 11 is 0. The van der Waals surface area contributed by atoms with Gasteiger partial charge in [-0.25, -0.2) is 14.4 Å². The predicted molar refractivity (Wildman–Crippen MR) is 133 cm³/mol. The molecule has 0 bridgehead atoms. The SMILES string of the molecule is Cc1cc(Nc2nc(Nc3cc(C4CC4)c(F)c(C)[n+]3[O-])ncc2N2CCN(C)[C@H](C)C2)nn1C. The van der Waals surface area contributed by atoms with Gasteiger partial charge in [-0.15, -0.1) is 0 Å². The minimum atomic E-state index is -0.429. The van der Waals surface area contributed by atoms with E-state index in [0.717, 1.165) is 43.9 Å². The normalized spacial score (nSPS) is 18.7. The molecule has 4 heterocycles. The molecule has 1 aliphatic heterocycles. The average molecular weight is 482 g/mol. The fourth-order valence-electron chi connectivity index (χ4n) is 4.41. The Labute approximate surface area is 204 Å². The second-order valence-corrected chi connectivity index (χ2v) is 9.70. The second kappa shape index (κ2) is 8.95. The van der Waals surface area contributed by atoms with E-state index >= 15 is 0 Å². The molecule has 3 aromatic rings. The highest BCUT2D eigenvalue weighted by molar-refractivity contribution is 5.71. The number of hydrogen-bond donors (Lipinski definition) is 2. The van der Waals surface area contributed by atoms with Crippen LogP contribution >= 0.6 is 0 Å². The number of anilines is 5. The summed E-state index contributed by atoms with van der Waals surface area (Å²) in [6.45, 7) is 8.28. The van der Waals surface area contributed by atoms with Crippen molar-refractivity contribution >= 4 is 29.1 Å². The van der Waals surface area contributed by atoms with Crippen LogP contribution in [0.5, 0.6) is 0 Å². The van der Waals surface area contributed by atoms with Crippen molar-refractivity contribution in [3.05, 3.63) is 46.3 Å². The van der Waals surface area contributed by atoms with Crippen LogP contribution in [-0.2, 0) is 7.05 Å². The van der Waals surface area contributed by atoms with Gasteiger partial charge < -0.3 is 20.3 Å². The largest absolute Gasteiger partial charge is 0.710 e. The summed E-state index contributed by atoms with van der Waals surface area (Å²) in [5.74, 6) is 1.47. The zero-order valence-corrected chi connectivity index (χ0v) is 20.8. The third kappa shape index (κ3) is 4.60. The number of nitrogens with zero attached hydrogens (tertiary/aromatic N) is 7. The summed E-state index contributed by atoms with van der Waals surface area (Å²) in [7, 11) is 4.01. The molecule has 2 fully saturated rings. The van der Waals surface area contributed by atoms with E-state index in [1.54, 1.807) is 16.9 Å². The number of nitrogens with one attached hydrogen (secondary N) is 2. The van der Waals surface area contributed by atoms with E-state index in [1.807, 2.05) is 20.0 Å². The topological polar surface area (TPSA) is 101 Å². The molecule has 0 radical (unpaired) electrons. The molecule has 0 unspecified atom stereocenters. The summed E-state index contributed by atoms with van der Waals surface area (Å²) < 4.78 is 17.0. The van der Waals surface area contributed by atoms with Crippen LogP contribution in [0.4, 0.5) is 33.5 Å². The number of rotatable bonds is 6. The van der Waals surface area contributed by atoms with E-state index in [2.05, 4.69) is 44.5 Å². The molecule has 0 amide bonds. The number of aromatic nitrogens is 5. The number of likely N-dealkylation sites (N-methyl/N-ethyl adjacent to an activating group) is 1. The Hall–Kier alpha value is -3.47. The van der Waals surface area contributed by atoms with E-state index < -0.39 is 5.82 Å². The second-order valence-electron chi connectivity index (χ2n) is 9.70. The first-order chi connectivity index (χ1) is 16.7. The highest BCUT2D eigenvalue weighted by Gasteiger charge is 2.31. The fraction of sp³-hybridized carbons (Fsp3) is 0.500. The fourth-order valence-corrected chi connectivity index (χ4v) is 4.41. The predicted octanol–water partition coefficient (Wildman–Crippen LogP) is 3.10. The van der Waals surface area contributed by atoms with Gasteiger partial charge in [0.2, 0.25) is 0 Å². The molecule has 35 heavy (non-hydrogen) atoms. The summed E-state index contributed by atoms with van der Waals surface area (Å²) in [6.07, 6.45) is 3.63. The molecule has 0 aromatic carbocycles. The highest BCUT2D eigenvalue weighted by atomic mass is 19.1. The first-order valence-corrected chi connectivity index (χ1v) is 12.0.